The van der Waals surface area contributed by atoms with Crippen molar-refractivity contribution in [3.05, 3.63) is 17.2 Å². The number of hydrogen-bond donors (Lipinski definition) is 1. The van der Waals surface area contributed by atoms with Crippen molar-refractivity contribution in [1.29, 1.82) is 0 Å². The highest BCUT2D eigenvalue weighted by molar-refractivity contribution is 5.85. The van der Waals surface area contributed by atoms with Crippen LogP contribution in [-0.4, -0.2) is 40.9 Å². The molecule has 0 aliphatic carbocycles. The van der Waals surface area contributed by atoms with Gasteiger partial charge >= 0.3 is 0 Å². The third-order valence-corrected chi connectivity index (χ3v) is 3.29. The second kappa shape index (κ2) is 9.28. The molecule has 1 heterocycles. The Kier molecular flexibility index (Phi) is 8.97. The molecule has 19 heavy (non-hydrogen) atoms. The molecule has 0 saturated carbocycles. The molecule has 0 saturated heterocycles. The first kappa shape index (κ1) is 18.4. The van der Waals surface area contributed by atoms with Gasteiger partial charge in [-0.2, -0.15) is 9.49 Å². The smallest absolute Gasteiger partial charge is 0.215 e. The van der Waals surface area contributed by atoms with Gasteiger partial charge in [-0.05, 0) is 39.5 Å². The molecule has 1 N–H and O–H groups in total. The third kappa shape index (κ3) is 5.47. The molecule has 1 rings (SSSR count). The number of hydrogen-bond acceptors (Lipinski definition) is 3. The summed E-state index contributed by atoms with van der Waals surface area (Å²) in [6.07, 6.45) is 1.09. The fourth-order valence-electron chi connectivity index (χ4n) is 2.06. The van der Waals surface area contributed by atoms with Crippen molar-refractivity contribution >= 4 is 12.4 Å². The molecule has 0 spiro atoms. The van der Waals surface area contributed by atoms with Crippen molar-refractivity contribution in [3.63, 3.8) is 0 Å². The average molecular weight is 293 g/mol. The summed E-state index contributed by atoms with van der Waals surface area (Å²) >= 11 is 0. The zero-order valence-electron chi connectivity index (χ0n) is 12.4. The van der Waals surface area contributed by atoms with Crippen LogP contribution in [0.5, 0.6) is 0 Å². The molecule has 6 heteroatoms. The third-order valence-electron chi connectivity index (χ3n) is 3.29. The Balaban J connectivity index is 0.00000324. The van der Waals surface area contributed by atoms with Gasteiger partial charge in [-0.3, -0.25) is 0 Å². The van der Waals surface area contributed by atoms with E-state index in [0.717, 1.165) is 38.3 Å². The van der Waals surface area contributed by atoms with Crippen LogP contribution >= 0.6 is 12.4 Å². The summed E-state index contributed by atoms with van der Waals surface area (Å²) in [5, 5.41) is 7.34. The summed E-state index contributed by atoms with van der Waals surface area (Å²) in [5.41, 5.74) is 1.45. The van der Waals surface area contributed by atoms with E-state index in [2.05, 4.69) is 29.2 Å². The molecular weight excluding hydrogens is 267 g/mol. The first-order valence-corrected chi connectivity index (χ1v) is 6.71. The molecule has 0 amide bonds. The molecular formula is C13H26ClFN4. The fraction of sp³-hybridized carbons (Fsp3) is 0.769. The van der Waals surface area contributed by atoms with Gasteiger partial charge in [0.05, 0.1) is 5.69 Å². The number of aryl methyl sites for hydroxylation is 2. The lowest BCUT2D eigenvalue weighted by Gasteiger charge is -2.17. The molecule has 0 aliphatic heterocycles. The van der Waals surface area contributed by atoms with Crippen LogP contribution in [0.3, 0.4) is 0 Å². The summed E-state index contributed by atoms with van der Waals surface area (Å²) in [4.78, 5) is 2.39. The van der Waals surface area contributed by atoms with Crippen LogP contribution in [0.4, 0.5) is 4.39 Å². The van der Waals surface area contributed by atoms with Gasteiger partial charge < -0.3 is 10.2 Å². The number of nitrogens with zero attached hydrogens (tertiary/aromatic N) is 3. The quantitative estimate of drug-likeness (QED) is 0.745. The van der Waals surface area contributed by atoms with Gasteiger partial charge in [0.2, 0.25) is 5.95 Å². The minimum absolute atomic E-state index is 0. The van der Waals surface area contributed by atoms with E-state index in [1.165, 1.54) is 4.68 Å². The molecule has 0 radical (unpaired) electrons. The molecule has 4 nitrogen and oxygen atoms in total. The Hall–Kier alpha value is -0.650. The summed E-state index contributed by atoms with van der Waals surface area (Å²) < 4.78 is 14.9. The zero-order valence-corrected chi connectivity index (χ0v) is 13.2. The molecule has 1 aromatic heterocycles. The van der Waals surface area contributed by atoms with Crippen LogP contribution in [0.15, 0.2) is 0 Å². The van der Waals surface area contributed by atoms with Gasteiger partial charge in [-0.25, -0.2) is 4.68 Å². The summed E-state index contributed by atoms with van der Waals surface area (Å²) in [6.45, 7) is 10.9. The minimum atomic E-state index is -0.233. The van der Waals surface area contributed by atoms with E-state index < -0.39 is 0 Å². The van der Waals surface area contributed by atoms with Gasteiger partial charge in [0, 0.05) is 19.2 Å². The van der Waals surface area contributed by atoms with E-state index in [1.54, 1.807) is 7.05 Å². The van der Waals surface area contributed by atoms with Gasteiger partial charge in [0.15, 0.2) is 0 Å². The zero-order chi connectivity index (χ0) is 13.5. The number of rotatable bonds is 8. The van der Waals surface area contributed by atoms with Crippen molar-refractivity contribution in [1.82, 2.24) is 20.0 Å². The van der Waals surface area contributed by atoms with Crippen molar-refractivity contribution < 1.29 is 4.39 Å². The molecule has 0 aliphatic rings. The maximum absolute atomic E-state index is 13.6. The van der Waals surface area contributed by atoms with Gasteiger partial charge in [-0.1, -0.05) is 13.8 Å². The SMILES string of the molecule is CCN(CC)CCCNCc1c(C)nn(C)c1F.Cl. The fourth-order valence-corrected chi connectivity index (χ4v) is 2.06. The molecule has 0 fully saturated rings. The van der Waals surface area contributed by atoms with Gasteiger partial charge in [-0.15, -0.1) is 12.4 Å². The van der Waals surface area contributed by atoms with Crippen LogP contribution in [0.2, 0.25) is 0 Å². The predicted molar refractivity (Wildman–Crippen MR) is 79.3 cm³/mol. The minimum Gasteiger partial charge on any atom is -0.312 e. The molecule has 0 aromatic carbocycles. The standard InChI is InChI=1S/C13H25FN4.ClH/c1-5-18(6-2)9-7-8-15-10-12-11(3)16-17(4)13(12)14;/h15H,5-10H2,1-4H3;1H. The van der Waals surface area contributed by atoms with Crippen LogP contribution in [0.1, 0.15) is 31.5 Å². The number of halogens is 2. The monoisotopic (exact) mass is 292 g/mol. The van der Waals surface area contributed by atoms with E-state index in [4.69, 9.17) is 0 Å². The van der Waals surface area contributed by atoms with Crippen molar-refractivity contribution in [2.45, 2.75) is 33.7 Å². The predicted octanol–water partition coefficient (Wildman–Crippen LogP) is 2.11. The van der Waals surface area contributed by atoms with Crippen LogP contribution in [0.25, 0.3) is 0 Å². The second-order valence-corrected chi connectivity index (χ2v) is 4.54. The summed E-state index contributed by atoms with van der Waals surface area (Å²) in [7, 11) is 1.63. The Morgan fingerprint density at radius 3 is 2.42 bits per heavy atom. The highest BCUT2D eigenvalue weighted by Crippen LogP contribution is 2.10. The largest absolute Gasteiger partial charge is 0.312 e. The summed E-state index contributed by atoms with van der Waals surface area (Å²) in [6, 6.07) is 0. The summed E-state index contributed by atoms with van der Waals surface area (Å²) in [5.74, 6) is -0.233. The molecule has 1 aromatic rings. The van der Waals surface area contributed by atoms with E-state index in [9.17, 15) is 4.39 Å². The molecule has 0 bridgehead atoms. The maximum Gasteiger partial charge on any atom is 0.215 e. The topological polar surface area (TPSA) is 33.1 Å². The van der Waals surface area contributed by atoms with E-state index >= 15 is 0 Å². The Morgan fingerprint density at radius 1 is 1.32 bits per heavy atom. The average Bonchev–Trinajstić information content (AvgIpc) is 2.59. The lowest BCUT2D eigenvalue weighted by molar-refractivity contribution is 0.298. The Bertz CT molecular complexity index is 364. The highest BCUT2D eigenvalue weighted by Gasteiger charge is 2.11. The molecule has 112 valence electrons. The molecule has 0 unspecified atom stereocenters. The number of aromatic nitrogens is 2. The van der Waals surface area contributed by atoms with Gasteiger partial charge in [0.25, 0.3) is 0 Å². The highest BCUT2D eigenvalue weighted by atomic mass is 35.5. The Morgan fingerprint density at radius 2 is 1.95 bits per heavy atom. The van der Waals surface area contributed by atoms with Gasteiger partial charge in [0.1, 0.15) is 0 Å². The van der Waals surface area contributed by atoms with Crippen molar-refractivity contribution in [2.75, 3.05) is 26.2 Å². The first-order valence-electron chi connectivity index (χ1n) is 6.71. The van der Waals surface area contributed by atoms with Crippen molar-refractivity contribution in [3.8, 4) is 0 Å². The van der Waals surface area contributed by atoms with Crippen LogP contribution in [-0.2, 0) is 13.6 Å². The van der Waals surface area contributed by atoms with E-state index in [1.807, 2.05) is 6.92 Å². The lowest BCUT2D eigenvalue weighted by Crippen LogP contribution is -2.27. The van der Waals surface area contributed by atoms with E-state index in [0.29, 0.717) is 12.1 Å². The first-order chi connectivity index (χ1) is 8.60. The van der Waals surface area contributed by atoms with Crippen LogP contribution in [0, 0.1) is 12.9 Å². The Labute approximate surface area is 121 Å². The van der Waals surface area contributed by atoms with Crippen molar-refractivity contribution in [2.24, 2.45) is 7.05 Å². The van der Waals surface area contributed by atoms with E-state index in [-0.39, 0.29) is 18.4 Å². The normalized spacial score (nSPS) is 10.8. The molecule has 0 atom stereocenters. The lowest BCUT2D eigenvalue weighted by atomic mass is 10.2. The van der Waals surface area contributed by atoms with Crippen LogP contribution < -0.4 is 5.32 Å². The number of nitrogens with one attached hydrogen (secondary N) is 1. The second-order valence-electron chi connectivity index (χ2n) is 4.54. The maximum atomic E-state index is 13.6.